The highest BCUT2D eigenvalue weighted by molar-refractivity contribution is 5.20. The van der Waals surface area contributed by atoms with Gasteiger partial charge in [0.2, 0.25) is 0 Å². The van der Waals surface area contributed by atoms with Gasteiger partial charge in [-0.3, -0.25) is 0 Å². The maximum atomic E-state index is 10.7. The molecule has 2 nitrogen and oxygen atoms in total. The molecule has 1 heterocycles. The summed E-state index contributed by atoms with van der Waals surface area (Å²) < 4.78 is 5.75. The Hall–Kier alpha value is -0.600. The number of rotatable bonds is 3. The van der Waals surface area contributed by atoms with Gasteiger partial charge in [-0.15, -0.1) is 0 Å². The number of aliphatic hydroxyl groups excluding tert-OH is 1. The molecule has 2 heteroatoms. The van der Waals surface area contributed by atoms with Crippen LogP contribution in [0.3, 0.4) is 0 Å². The fourth-order valence-corrected chi connectivity index (χ4v) is 5.79. The molecule has 0 aromatic rings. The first-order chi connectivity index (χ1) is 10.4. The van der Waals surface area contributed by atoms with Gasteiger partial charge in [0.15, 0.2) is 6.29 Å². The van der Waals surface area contributed by atoms with Crippen LogP contribution in [0.2, 0.25) is 0 Å². The van der Waals surface area contributed by atoms with Crippen molar-refractivity contribution in [3.05, 3.63) is 23.8 Å². The van der Waals surface area contributed by atoms with Gasteiger partial charge in [-0.2, -0.15) is 0 Å². The Morgan fingerprint density at radius 1 is 1.41 bits per heavy atom. The number of hydrogen-bond donors (Lipinski definition) is 1. The Morgan fingerprint density at radius 3 is 2.91 bits per heavy atom. The molecule has 0 aromatic heterocycles. The SMILES string of the molecule is C=C1CCC2C(C)(CCC=C(C)C)CCCC23C(O)OCC13. The van der Waals surface area contributed by atoms with Crippen LogP contribution in [0, 0.1) is 22.7 Å². The van der Waals surface area contributed by atoms with Gasteiger partial charge in [-0.1, -0.05) is 37.1 Å². The molecular formula is C20H32O2. The van der Waals surface area contributed by atoms with Crippen LogP contribution >= 0.6 is 0 Å². The molecule has 1 N–H and O–H groups in total. The van der Waals surface area contributed by atoms with E-state index in [4.69, 9.17) is 4.74 Å². The van der Waals surface area contributed by atoms with Crippen molar-refractivity contribution in [2.75, 3.05) is 6.61 Å². The predicted molar refractivity (Wildman–Crippen MR) is 90.4 cm³/mol. The Balaban J connectivity index is 1.89. The van der Waals surface area contributed by atoms with Crippen molar-refractivity contribution in [2.45, 2.75) is 72.0 Å². The first-order valence-corrected chi connectivity index (χ1v) is 9.01. The van der Waals surface area contributed by atoms with Crippen LogP contribution in [-0.2, 0) is 4.74 Å². The smallest absolute Gasteiger partial charge is 0.161 e. The van der Waals surface area contributed by atoms with E-state index in [0.29, 0.717) is 23.9 Å². The summed E-state index contributed by atoms with van der Waals surface area (Å²) in [7, 11) is 0. The van der Waals surface area contributed by atoms with Gasteiger partial charge in [0.1, 0.15) is 0 Å². The summed E-state index contributed by atoms with van der Waals surface area (Å²) in [4.78, 5) is 0. The van der Waals surface area contributed by atoms with Gasteiger partial charge in [-0.25, -0.2) is 0 Å². The molecule has 3 aliphatic rings. The highest BCUT2D eigenvalue weighted by atomic mass is 16.6. The lowest BCUT2D eigenvalue weighted by Gasteiger charge is -2.58. The van der Waals surface area contributed by atoms with Crippen LogP contribution in [0.1, 0.15) is 65.7 Å². The van der Waals surface area contributed by atoms with Gasteiger partial charge in [-0.05, 0) is 63.7 Å². The molecule has 124 valence electrons. The second kappa shape index (κ2) is 5.79. The van der Waals surface area contributed by atoms with Gasteiger partial charge in [0.05, 0.1) is 6.61 Å². The van der Waals surface area contributed by atoms with Crippen LogP contribution in [0.25, 0.3) is 0 Å². The lowest BCUT2D eigenvalue weighted by molar-refractivity contribution is -0.183. The molecule has 0 bridgehead atoms. The highest BCUT2D eigenvalue weighted by Crippen LogP contribution is 2.65. The standard InChI is InChI=1S/C20H32O2/c1-14(2)7-5-10-19(4)11-6-12-20-16(13-22-18(20)21)15(3)8-9-17(19)20/h7,16-18,21H,3,5-6,8-13H2,1-2,4H3. The van der Waals surface area contributed by atoms with E-state index in [2.05, 4.69) is 33.4 Å². The van der Waals surface area contributed by atoms with Crippen molar-refractivity contribution in [3.63, 3.8) is 0 Å². The summed E-state index contributed by atoms with van der Waals surface area (Å²) in [6.45, 7) is 11.8. The molecule has 0 aromatic carbocycles. The molecule has 5 unspecified atom stereocenters. The van der Waals surface area contributed by atoms with Crippen LogP contribution in [0.15, 0.2) is 23.8 Å². The van der Waals surface area contributed by atoms with Crippen LogP contribution in [0.5, 0.6) is 0 Å². The van der Waals surface area contributed by atoms with Crippen molar-refractivity contribution in [2.24, 2.45) is 22.7 Å². The van der Waals surface area contributed by atoms with Crippen LogP contribution in [-0.4, -0.2) is 18.0 Å². The van der Waals surface area contributed by atoms with Crippen molar-refractivity contribution in [1.29, 1.82) is 0 Å². The summed E-state index contributed by atoms with van der Waals surface area (Å²) >= 11 is 0. The number of ether oxygens (including phenoxy) is 1. The molecule has 3 fully saturated rings. The molecule has 0 radical (unpaired) electrons. The largest absolute Gasteiger partial charge is 0.367 e. The summed E-state index contributed by atoms with van der Waals surface area (Å²) in [6, 6.07) is 0. The Labute approximate surface area is 135 Å². The fraction of sp³-hybridized carbons (Fsp3) is 0.800. The van der Waals surface area contributed by atoms with E-state index in [-0.39, 0.29) is 5.41 Å². The molecule has 3 rings (SSSR count). The maximum absolute atomic E-state index is 10.7. The quantitative estimate of drug-likeness (QED) is 0.756. The zero-order valence-corrected chi connectivity index (χ0v) is 14.5. The van der Waals surface area contributed by atoms with E-state index in [1.165, 1.54) is 36.8 Å². The fourth-order valence-electron chi connectivity index (χ4n) is 5.79. The van der Waals surface area contributed by atoms with E-state index >= 15 is 0 Å². The van der Waals surface area contributed by atoms with E-state index in [9.17, 15) is 5.11 Å². The molecule has 2 saturated carbocycles. The lowest BCUT2D eigenvalue weighted by Crippen LogP contribution is -2.54. The molecule has 1 aliphatic heterocycles. The molecule has 22 heavy (non-hydrogen) atoms. The minimum absolute atomic E-state index is 0.0483. The molecule has 1 spiro atoms. The third kappa shape index (κ3) is 2.39. The lowest BCUT2D eigenvalue weighted by atomic mass is 9.46. The van der Waals surface area contributed by atoms with Crippen LogP contribution < -0.4 is 0 Å². The molecule has 0 amide bonds. The Morgan fingerprint density at radius 2 is 2.18 bits per heavy atom. The minimum Gasteiger partial charge on any atom is -0.367 e. The van der Waals surface area contributed by atoms with E-state index in [0.717, 1.165) is 19.3 Å². The van der Waals surface area contributed by atoms with Gasteiger partial charge < -0.3 is 9.84 Å². The average molecular weight is 304 g/mol. The first kappa shape index (κ1) is 16.3. The molecule has 2 aliphatic carbocycles. The van der Waals surface area contributed by atoms with E-state index < -0.39 is 6.29 Å². The normalized spacial score (nSPS) is 44.4. The van der Waals surface area contributed by atoms with Crippen molar-refractivity contribution >= 4 is 0 Å². The number of aliphatic hydroxyl groups is 1. The topological polar surface area (TPSA) is 29.5 Å². The zero-order chi connectivity index (χ0) is 16.0. The first-order valence-electron chi connectivity index (χ1n) is 9.01. The van der Waals surface area contributed by atoms with Crippen molar-refractivity contribution < 1.29 is 9.84 Å². The highest BCUT2D eigenvalue weighted by Gasteiger charge is 2.63. The monoisotopic (exact) mass is 304 g/mol. The van der Waals surface area contributed by atoms with E-state index in [1.54, 1.807) is 0 Å². The Bertz CT molecular complexity index is 476. The average Bonchev–Trinajstić information content (AvgIpc) is 2.77. The molecule has 5 atom stereocenters. The third-order valence-corrected chi connectivity index (χ3v) is 6.89. The predicted octanol–water partition coefficient (Wildman–Crippen LogP) is 4.84. The third-order valence-electron chi connectivity index (χ3n) is 6.89. The van der Waals surface area contributed by atoms with Crippen LogP contribution in [0.4, 0.5) is 0 Å². The number of allylic oxidation sites excluding steroid dienone is 2. The minimum atomic E-state index is -0.581. The van der Waals surface area contributed by atoms with Crippen molar-refractivity contribution in [1.82, 2.24) is 0 Å². The van der Waals surface area contributed by atoms with Crippen molar-refractivity contribution in [3.8, 4) is 0 Å². The van der Waals surface area contributed by atoms with Gasteiger partial charge >= 0.3 is 0 Å². The molecular weight excluding hydrogens is 272 g/mol. The number of hydrogen-bond acceptors (Lipinski definition) is 2. The zero-order valence-electron chi connectivity index (χ0n) is 14.5. The summed E-state index contributed by atoms with van der Waals surface area (Å²) in [5, 5.41) is 10.7. The molecule has 1 saturated heterocycles. The second-order valence-electron chi connectivity index (χ2n) is 8.43. The maximum Gasteiger partial charge on any atom is 0.161 e. The second-order valence-corrected chi connectivity index (χ2v) is 8.43. The van der Waals surface area contributed by atoms with Gasteiger partial charge in [0, 0.05) is 11.3 Å². The van der Waals surface area contributed by atoms with Gasteiger partial charge in [0.25, 0.3) is 0 Å². The Kier molecular flexibility index (Phi) is 4.28. The van der Waals surface area contributed by atoms with E-state index in [1.807, 2.05) is 0 Å². The summed E-state index contributed by atoms with van der Waals surface area (Å²) in [6.07, 6.45) is 10.1. The summed E-state index contributed by atoms with van der Waals surface area (Å²) in [5.41, 5.74) is 3.01. The summed E-state index contributed by atoms with van der Waals surface area (Å²) in [5.74, 6) is 0.955.